The van der Waals surface area contributed by atoms with Crippen molar-refractivity contribution < 1.29 is 4.74 Å². The molecule has 80 valence electrons. The second-order valence-corrected chi connectivity index (χ2v) is 4.02. The normalized spacial score (nSPS) is 9.81. The minimum absolute atomic E-state index is 0.425. The molecule has 16 heavy (non-hydrogen) atoms. The molecule has 1 nitrogen and oxygen atoms in total. The van der Waals surface area contributed by atoms with Gasteiger partial charge in [0.1, 0.15) is 5.75 Å². The van der Waals surface area contributed by atoms with Gasteiger partial charge in [-0.25, -0.2) is 0 Å². The van der Waals surface area contributed by atoms with E-state index >= 15 is 0 Å². The Morgan fingerprint density at radius 2 is 1.75 bits per heavy atom. The topological polar surface area (TPSA) is 9.23 Å². The summed E-state index contributed by atoms with van der Waals surface area (Å²) < 4.78 is 5.53. The molecule has 0 saturated heterocycles. The van der Waals surface area contributed by atoms with Crippen molar-refractivity contribution >= 4 is 28.9 Å². The van der Waals surface area contributed by atoms with E-state index in [1.807, 2.05) is 42.5 Å². The molecule has 0 radical (unpaired) electrons. The zero-order valence-corrected chi connectivity index (χ0v) is 9.96. The Hall–Kier alpha value is -1.38. The summed E-state index contributed by atoms with van der Waals surface area (Å²) in [6.45, 7) is 0. The summed E-state index contributed by atoms with van der Waals surface area (Å²) in [5, 5.41) is 1.07. The lowest BCUT2D eigenvalue weighted by Gasteiger charge is -2.06. The van der Waals surface area contributed by atoms with Crippen LogP contribution in [-0.2, 0) is 0 Å². The van der Waals surface area contributed by atoms with Crippen LogP contribution in [-0.4, -0.2) is 5.05 Å². The van der Waals surface area contributed by atoms with Gasteiger partial charge in [0.2, 0.25) is 0 Å². The fraction of sp³-hybridized carbons (Fsp3) is 0. The van der Waals surface area contributed by atoms with Gasteiger partial charge in [0.25, 0.3) is 0 Å². The lowest BCUT2D eigenvalue weighted by Crippen LogP contribution is -2.06. The van der Waals surface area contributed by atoms with Crippen LogP contribution < -0.4 is 4.74 Å². The maximum absolute atomic E-state index is 5.88. The summed E-state index contributed by atoms with van der Waals surface area (Å²) in [5.41, 5.74) is 0.811. The molecule has 0 aliphatic rings. The molecule has 0 unspecified atom stereocenters. The highest BCUT2D eigenvalue weighted by Crippen LogP contribution is 2.15. The van der Waals surface area contributed by atoms with Crippen molar-refractivity contribution in [3.05, 3.63) is 65.2 Å². The molecule has 0 N–H and O–H groups in total. The molecular weight excluding hydrogens is 240 g/mol. The SMILES string of the molecule is S=C(Oc1ccccc1)c1cccc(Cl)c1. The summed E-state index contributed by atoms with van der Waals surface area (Å²) in [5.74, 6) is 0.729. The summed E-state index contributed by atoms with van der Waals surface area (Å²) in [6, 6.07) is 16.7. The van der Waals surface area contributed by atoms with Crippen LogP contribution in [0, 0.1) is 0 Å². The predicted octanol–water partition coefficient (Wildman–Crippen LogP) is 4.09. The van der Waals surface area contributed by atoms with Gasteiger partial charge in [-0.3, -0.25) is 0 Å². The highest BCUT2D eigenvalue weighted by molar-refractivity contribution is 7.80. The average Bonchev–Trinajstić information content (AvgIpc) is 2.30. The van der Waals surface area contributed by atoms with Gasteiger partial charge in [0.15, 0.2) is 5.05 Å². The van der Waals surface area contributed by atoms with Crippen LogP contribution in [0.25, 0.3) is 0 Å². The molecule has 0 aliphatic heterocycles. The number of hydrogen-bond donors (Lipinski definition) is 0. The first-order valence-corrected chi connectivity index (χ1v) is 5.57. The van der Waals surface area contributed by atoms with E-state index in [1.54, 1.807) is 12.1 Å². The summed E-state index contributed by atoms with van der Waals surface area (Å²) in [6.07, 6.45) is 0. The average molecular weight is 249 g/mol. The van der Waals surface area contributed by atoms with Gasteiger partial charge in [0, 0.05) is 10.6 Å². The lowest BCUT2D eigenvalue weighted by atomic mass is 10.2. The molecule has 0 atom stereocenters. The van der Waals surface area contributed by atoms with E-state index in [4.69, 9.17) is 28.6 Å². The molecule has 0 spiro atoms. The maximum Gasteiger partial charge on any atom is 0.198 e. The fourth-order valence-electron chi connectivity index (χ4n) is 1.27. The molecule has 0 saturated carbocycles. The molecule has 2 aromatic rings. The fourth-order valence-corrected chi connectivity index (χ4v) is 1.68. The molecule has 0 amide bonds. The van der Waals surface area contributed by atoms with Crippen LogP contribution in [0.5, 0.6) is 5.75 Å². The third-order valence-corrected chi connectivity index (χ3v) is 2.57. The molecule has 0 bridgehead atoms. The molecule has 0 fully saturated rings. The highest BCUT2D eigenvalue weighted by atomic mass is 35.5. The standard InChI is InChI=1S/C13H9ClOS/c14-11-6-4-5-10(9-11)13(16)15-12-7-2-1-3-8-12/h1-9H. The third-order valence-electron chi connectivity index (χ3n) is 2.01. The van der Waals surface area contributed by atoms with Crippen molar-refractivity contribution in [1.82, 2.24) is 0 Å². The van der Waals surface area contributed by atoms with Gasteiger partial charge in [0.05, 0.1) is 0 Å². The van der Waals surface area contributed by atoms with Crippen molar-refractivity contribution in [3.8, 4) is 5.75 Å². The summed E-state index contributed by atoms with van der Waals surface area (Å²) in [4.78, 5) is 0. The first kappa shape index (κ1) is 11.1. The zero-order valence-electron chi connectivity index (χ0n) is 8.39. The minimum Gasteiger partial charge on any atom is -0.445 e. The number of thiocarbonyl (C=S) groups is 1. The van der Waals surface area contributed by atoms with Gasteiger partial charge in [-0.1, -0.05) is 41.9 Å². The number of halogens is 1. The van der Waals surface area contributed by atoms with Gasteiger partial charge in [-0.15, -0.1) is 0 Å². The summed E-state index contributed by atoms with van der Waals surface area (Å²) in [7, 11) is 0. The Bertz CT molecular complexity index is 496. The third kappa shape index (κ3) is 2.81. The second-order valence-electron chi connectivity index (χ2n) is 3.21. The Labute approximate surface area is 105 Å². The van der Waals surface area contributed by atoms with E-state index in [0.29, 0.717) is 10.1 Å². The lowest BCUT2D eigenvalue weighted by molar-refractivity contribution is 0.566. The number of para-hydroxylation sites is 1. The zero-order chi connectivity index (χ0) is 11.4. The largest absolute Gasteiger partial charge is 0.445 e. The summed E-state index contributed by atoms with van der Waals surface area (Å²) >= 11 is 11.1. The first-order chi connectivity index (χ1) is 7.75. The van der Waals surface area contributed by atoms with E-state index < -0.39 is 0 Å². The second kappa shape index (κ2) is 5.10. The molecule has 3 heteroatoms. The number of hydrogen-bond acceptors (Lipinski definition) is 2. The van der Waals surface area contributed by atoms with Crippen molar-refractivity contribution in [1.29, 1.82) is 0 Å². The number of ether oxygens (including phenoxy) is 1. The van der Waals surface area contributed by atoms with Gasteiger partial charge < -0.3 is 4.74 Å². The number of rotatable bonds is 2. The van der Waals surface area contributed by atoms with Crippen LogP contribution in [0.1, 0.15) is 5.56 Å². The van der Waals surface area contributed by atoms with Crippen molar-refractivity contribution in [2.24, 2.45) is 0 Å². The molecule has 2 rings (SSSR count). The monoisotopic (exact) mass is 248 g/mol. The van der Waals surface area contributed by atoms with Crippen molar-refractivity contribution in [2.75, 3.05) is 0 Å². The molecular formula is C13H9ClOS. The minimum atomic E-state index is 0.425. The van der Waals surface area contributed by atoms with E-state index in [1.165, 1.54) is 0 Å². The molecule has 2 aromatic carbocycles. The molecule has 0 aromatic heterocycles. The van der Waals surface area contributed by atoms with Crippen LogP contribution in [0.4, 0.5) is 0 Å². The van der Waals surface area contributed by atoms with Crippen molar-refractivity contribution in [2.45, 2.75) is 0 Å². The van der Waals surface area contributed by atoms with Gasteiger partial charge >= 0.3 is 0 Å². The molecule has 0 heterocycles. The first-order valence-electron chi connectivity index (χ1n) is 4.78. The van der Waals surface area contributed by atoms with Crippen LogP contribution >= 0.6 is 23.8 Å². The Morgan fingerprint density at radius 1 is 1.00 bits per heavy atom. The van der Waals surface area contributed by atoms with Gasteiger partial charge in [-0.2, -0.15) is 0 Å². The van der Waals surface area contributed by atoms with E-state index in [-0.39, 0.29) is 0 Å². The van der Waals surface area contributed by atoms with Crippen LogP contribution in [0.2, 0.25) is 5.02 Å². The maximum atomic E-state index is 5.88. The smallest absolute Gasteiger partial charge is 0.198 e. The predicted molar refractivity (Wildman–Crippen MR) is 70.2 cm³/mol. The quantitative estimate of drug-likeness (QED) is 0.741. The van der Waals surface area contributed by atoms with Crippen molar-refractivity contribution in [3.63, 3.8) is 0 Å². The van der Waals surface area contributed by atoms with E-state index in [2.05, 4.69) is 0 Å². The Balaban J connectivity index is 2.15. The Kier molecular flexibility index (Phi) is 3.54. The molecule has 0 aliphatic carbocycles. The number of benzene rings is 2. The van der Waals surface area contributed by atoms with E-state index in [0.717, 1.165) is 11.3 Å². The Morgan fingerprint density at radius 3 is 2.44 bits per heavy atom. The van der Waals surface area contributed by atoms with Crippen LogP contribution in [0.3, 0.4) is 0 Å². The van der Waals surface area contributed by atoms with E-state index in [9.17, 15) is 0 Å². The van der Waals surface area contributed by atoms with Gasteiger partial charge in [-0.05, 0) is 36.5 Å². The highest BCUT2D eigenvalue weighted by Gasteiger charge is 2.03. The van der Waals surface area contributed by atoms with Crippen LogP contribution in [0.15, 0.2) is 54.6 Å².